The second-order valence-corrected chi connectivity index (χ2v) is 9.16. The number of rotatable bonds is 6. The molecule has 0 aromatic heterocycles. The molecule has 1 heterocycles. The molecule has 3 amide bonds. The number of esters is 1. The van der Waals surface area contributed by atoms with Gasteiger partial charge in [0.1, 0.15) is 17.5 Å². The lowest BCUT2D eigenvalue weighted by atomic mass is 10.0. The molecule has 1 aliphatic heterocycles. The van der Waals surface area contributed by atoms with Crippen molar-refractivity contribution in [3.63, 3.8) is 0 Å². The van der Waals surface area contributed by atoms with Gasteiger partial charge in [-0.05, 0) is 57.9 Å². The van der Waals surface area contributed by atoms with Crippen molar-refractivity contribution in [2.45, 2.75) is 51.3 Å². The quantitative estimate of drug-likeness (QED) is 0.536. The summed E-state index contributed by atoms with van der Waals surface area (Å²) in [7, 11) is 0. The molecule has 2 aromatic carbocycles. The Bertz CT molecular complexity index is 1130. The fourth-order valence-electron chi connectivity index (χ4n) is 3.96. The Morgan fingerprint density at radius 2 is 1.80 bits per heavy atom. The summed E-state index contributed by atoms with van der Waals surface area (Å²) in [5.41, 5.74) is -0.276. The monoisotopic (exact) mass is 485 g/mol. The molecule has 1 saturated heterocycles. The second kappa shape index (κ2) is 10.5. The molecule has 2 atom stereocenters. The minimum atomic E-state index is -1.15. The number of carbonyl (C=O) groups excluding carboxylic acids is 3. The van der Waals surface area contributed by atoms with E-state index in [1.54, 1.807) is 32.9 Å². The van der Waals surface area contributed by atoms with Gasteiger partial charge in [-0.25, -0.2) is 18.8 Å². The number of carbonyl (C=O) groups is 4. The van der Waals surface area contributed by atoms with E-state index < -0.39 is 53.9 Å². The zero-order chi connectivity index (χ0) is 25.8. The number of amides is 3. The van der Waals surface area contributed by atoms with E-state index in [2.05, 4.69) is 10.6 Å². The van der Waals surface area contributed by atoms with E-state index in [1.807, 2.05) is 0 Å². The molecule has 0 saturated carbocycles. The van der Waals surface area contributed by atoms with Crippen LogP contribution in [-0.2, 0) is 14.3 Å². The number of hydrogen-bond donors (Lipinski definition) is 3. The van der Waals surface area contributed by atoms with Gasteiger partial charge in [-0.3, -0.25) is 4.79 Å². The first-order valence-electron chi connectivity index (χ1n) is 11.1. The molecule has 0 aliphatic carbocycles. The summed E-state index contributed by atoms with van der Waals surface area (Å²) in [5, 5.41) is 14.0. The molecule has 0 spiro atoms. The largest absolute Gasteiger partial charge is 0.478 e. The van der Waals surface area contributed by atoms with Crippen molar-refractivity contribution in [3.8, 4) is 0 Å². The molecule has 3 rings (SSSR count). The fraction of sp³-hybridized carbons (Fsp3) is 0.360. The van der Waals surface area contributed by atoms with Crippen molar-refractivity contribution < 1.29 is 33.4 Å². The van der Waals surface area contributed by atoms with E-state index in [0.29, 0.717) is 6.42 Å². The van der Waals surface area contributed by atoms with E-state index >= 15 is 0 Å². The lowest BCUT2D eigenvalue weighted by Crippen LogP contribution is -2.48. The van der Waals surface area contributed by atoms with Gasteiger partial charge in [0.2, 0.25) is 5.91 Å². The number of anilines is 1. The van der Waals surface area contributed by atoms with Crippen molar-refractivity contribution in [2.75, 3.05) is 11.9 Å². The summed E-state index contributed by atoms with van der Waals surface area (Å²) >= 11 is 0. The highest BCUT2D eigenvalue weighted by Crippen LogP contribution is 2.38. The van der Waals surface area contributed by atoms with Crippen LogP contribution in [-0.4, -0.2) is 52.1 Å². The van der Waals surface area contributed by atoms with Crippen LogP contribution in [0.15, 0.2) is 48.5 Å². The Kier molecular flexibility index (Phi) is 7.73. The van der Waals surface area contributed by atoms with Crippen LogP contribution >= 0.6 is 0 Å². The van der Waals surface area contributed by atoms with Crippen LogP contribution in [0.25, 0.3) is 0 Å². The molecule has 1 fully saturated rings. The number of urea groups is 1. The van der Waals surface area contributed by atoms with Gasteiger partial charge in [0.25, 0.3) is 0 Å². The van der Waals surface area contributed by atoms with Gasteiger partial charge in [0.05, 0.1) is 18.2 Å². The van der Waals surface area contributed by atoms with Gasteiger partial charge in [-0.15, -0.1) is 0 Å². The van der Waals surface area contributed by atoms with Crippen molar-refractivity contribution in [2.24, 2.45) is 0 Å². The Morgan fingerprint density at radius 3 is 2.46 bits per heavy atom. The third kappa shape index (κ3) is 6.56. The first-order valence-corrected chi connectivity index (χ1v) is 11.1. The molecule has 186 valence electrons. The maximum Gasteiger partial charge on any atom is 0.335 e. The summed E-state index contributed by atoms with van der Waals surface area (Å²) in [6.07, 6.45) is 0.637. The van der Waals surface area contributed by atoms with E-state index in [-0.39, 0.29) is 23.2 Å². The van der Waals surface area contributed by atoms with Crippen LogP contribution in [0, 0.1) is 5.82 Å². The Labute approximate surface area is 202 Å². The van der Waals surface area contributed by atoms with Crippen LogP contribution < -0.4 is 10.6 Å². The van der Waals surface area contributed by atoms with Gasteiger partial charge in [0.15, 0.2) is 0 Å². The number of likely N-dealkylation sites (tertiary alicyclic amines) is 1. The van der Waals surface area contributed by atoms with Gasteiger partial charge >= 0.3 is 18.0 Å². The van der Waals surface area contributed by atoms with Crippen molar-refractivity contribution >= 4 is 29.6 Å². The van der Waals surface area contributed by atoms with Crippen LogP contribution in [0.4, 0.5) is 14.9 Å². The van der Waals surface area contributed by atoms with Crippen LogP contribution in [0.1, 0.15) is 55.6 Å². The van der Waals surface area contributed by atoms with Gasteiger partial charge < -0.3 is 25.4 Å². The fourth-order valence-corrected chi connectivity index (χ4v) is 3.96. The Balaban J connectivity index is 1.74. The zero-order valence-electron chi connectivity index (χ0n) is 19.7. The highest BCUT2D eigenvalue weighted by molar-refractivity contribution is 5.95. The Hall–Kier alpha value is -3.95. The molecule has 10 heteroatoms. The summed E-state index contributed by atoms with van der Waals surface area (Å²) in [5.74, 6) is -2.82. The summed E-state index contributed by atoms with van der Waals surface area (Å²) in [4.78, 5) is 50.8. The number of benzene rings is 2. The van der Waals surface area contributed by atoms with Gasteiger partial charge in [-0.2, -0.15) is 0 Å². The lowest BCUT2D eigenvalue weighted by molar-refractivity contribution is -0.164. The lowest BCUT2D eigenvalue weighted by Gasteiger charge is -2.31. The maximum absolute atomic E-state index is 14.5. The molecule has 2 aromatic rings. The molecule has 2 unspecified atom stereocenters. The standard InChI is InChI=1S/C25H28FN3O6/c1-25(2,3)35-23(33)20-12-11-19(17-9-4-5-10-18(17)26)29(20)21(30)14-27-24(34)28-16-8-6-7-15(13-16)22(31)32/h4-10,13,19-20H,11-12,14H2,1-3H3,(H,31,32)(H2,27,28,34). The first kappa shape index (κ1) is 25.7. The van der Waals surface area contributed by atoms with E-state index in [4.69, 9.17) is 9.84 Å². The smallest absolute Gasteiger partial charge is 0.335 e. The van der Waals surface area contributed by atoms with E-state index in [0.717, 1.165) is 0 Å². The van der Waals surface area contributed by atoms with Crippen molar-refractivity contribution in [3.05, 3.63) is 65.5 Å². The van der Waals surface area contributed by atoms with E-state index in [1.165, 1.54) is 41.3 Å². The normalized spacial score (nSPS) is 17.5. The first-order chi connectivity index (χ1) is 16.5. The molecule has 9 nitrogen and oxygen atoms in total. The maximum atomic E-state index is 14.5. The number of hydrogen-bond acceptors (Lipinski definition) is 5. The number of ether oxygens (including phenoxy) is 1. The number of halogens is 1. The van der Waals surface area contributed by atoms with Crippen molar-refractivity contribution in [1.82, 2.24) is 10.2 Å². The number of nitrogens with zero attached hydrogens (tertiary/aromatic N) is 1. The van der Waals surface area contributed by atoms with Crippen LogP contribution in [0.3, 0.4) is 0 Å². The SMILES string of the molecule is CC(C)(C)OC(=O)C1CCC(c2ccccc2F)N1C(=O)CNC(=O)Nc1cccc(C(=O)O)c1. The van der Waals surface area contributed by atoms with Crippen LogP contribution in [0.2, 0.25) is 0 Å². The summed E-state index contributed by atoms with van der Waals surface area (Å²) in [6.45, 7) is 4.68. The molecular weight excluding hydrogens is 457 g/mol. The third-order valence-corrected chi connectivity index (χ3v) is 5.38. The third-order valence-electron chi connectivity index (χ3n) is 5.38. The summed E-state index contributed by atoms with van der Waals surface area (Å²) in [6, 6.07) is 9.30. The average Bonchev–Trinajstić information content (AvgIpc) is 3.22. The molecule has 0 bridgehead atoms. The van der Waals surface area contributed by atoms with Crippen molar-refractivity contribution in [1.29, 1.82) is 0 Å². The minimum Gasteiger partial charge on any atom is -0.478 e. The predicted molar refractivity (Wildman–Crippen MR) is 125 cm³/mol. The number of aromatic carboxylic acids is 1. The summed E-state index contributed by atoms with van der Waals surface area (Å²) < 4.78 is 20.0. The number of carboxylic acids is 1. The van der Waals surface area contributed by atoms with Crippen LogP contribution in [0.5, 0.6) is 0 Å². The predicted octanol–water partition coefficient (Wildman–Crippen LogP) is 3.72. The minimum absolute atomic E-state index is 0.0103. The highest BCUT2D eigenvalue weighted by Gasteiger charge is 2.44. The number of carboxylic acid groups (broad SMARTS) is 1. The molecular formula is C25H28FN3O6. The number of nitrogens with one attached hydrogen (secondary N) is 2. The molecule has 0 radical (unpaired) electrons. The Morgan fingerprint density at radius 1 is 1.09 bits per heavy atom. The average molecular weight is 486 g/mol. The molecule has 35 heavy (non-hydrogen) atoms. The zero-order valence-corrected chi connectivity index (χ0v) is 19.7. The topological polar surface area (TPSA) is 125 Å². The van der Waals surface area contributed by atoms with Gasteiger partial charge in [0, 0.05) is 11.3 Å². The van der Waals surface area contributed by atoms with Gasteiger partial charge in [-0.1, -0.05) is 24.3 Å². The molecule has 1 aliphatic rings. The van der Waals surface area contributed by atoms with E-state index in [9.17, 15) is 23.6 Å². The highest BCUT2D eigenvalue weighted by atomic mass is 19.1. The second-order valence-electron chi connectivity index (χ2n) is 9.16. The molecule has 3 N–H and O–H groups in total.